The first kappa shape index (κ1) is 18.6. The molecule has 0 bridgehead atoms. The number of benzene rings is 1. The minimum absolute atomic E-state index is 0.000346. The van der Waals surface area contributed by atoms with E-state index in [1.54, 1.807) is 4.90 Å². The summed E-state index contributed by atoms with van der Waals surface area (Å²) in [5.74, 6) is -0.267. The van der Waals surface area contributed by atoms with Gasteiger partial charge in [-0.25, -0.2) is 0 Å². The van der Waals surface area contributed by atoms with Gasteiger partial charge >= 0.3 is 5.97 Å². The molecule has 140 valence electrons. The van der Waals surface area contributed by atoms with Crippen molar-refractivity contribution in [1.29, 1.82) is 0 Å². The summed E-state index contributed by atoms with van der Waals surface area (Å²) in [5.41, 5.74) is 3.37. The summed E-state index contributed by atoms with van der Waals surface area (Å²) in [5, 5.41) is 0. The van der Waals surface area contributed by atoms with Crippen LogP contribution < -0.4 is 0 Å². The largest absolute Gasteiger partial charge is 0.469 e. The molecule has 1 fully saturated rings. The Morgan fingerprint density at radius 2 is 1.73 bits per heavy atom. The molecule has 5 nitrogen and oxygen atoms in total. The molecule has 1 heterocycles. The number of hydrogen-bond donors (Lipinski definition) is 0. The molecule has 0 spiro atoms. The number of amides is 1. The number of ether oxygens (including phenoxy) is 1. The molecular weight excluding hydrogens is 330 g/mol. The fourth-order valence-electron chi connectivity index (χ4n) is 3.96. The maximum absolute atomic E-state index is 12.5. The summed E-state index contributed by atoms with van der Waals surface area (Å²) in [6.07, 6.45) is 6.31. The molecule has 3 rings (SSSR count). The number of hydrogen-bond acceptors (Lipinski definition) is 4. The lowest BCUT2D eigenvalue weighted by Crippen LogP contribution is -2.40. The van der Waals surface area contributed by atoms with E-state index >= 15 is 0 Å². The third-order valence-corrected chi connectivity index (χ3v) is 5.62. The number of methoxy groups -OCH3 is 1. The summed E-state index contributed by atoms with van der Waals surface area (Å²) in [7, 11) is 1.40. The molecule has 1 amide bonds. The molecule has 1 aliphatic carbocycles. The zero-order valence-corrected chi connectivity index (χ0v) is 15.5. The highest BCUT2D eigenvalue weighted by Crippen LogP contribution is 2.23. The van der Waals surface area contributed by atoms with Crippen molar-refractivity contribution in [2.24, 2.45) is 5.92 Å². The van der Waals surface area contributed by atoms with Crippen molar-refractivity contribution in [2.45, 2.75) is 51.4 Å². The number of nitrogens with zero attached hydrogens (tertiary/aromatic N) is 1. The lowest BCUT2D eigenvalue weighted by molar-refractivity contribution is -0.148. The molecule has 1 saturated heterocycles. The predicted molar refractivity (Wildman–Crippen MR) is 98.0 cm³/mol. The quantitative estimate of drug-likeness (QED) is 0.600. The Hall–Kier alpha value is -2.17. The molecule has 0 saturated carbocycles. The normalized spacial score (nSPS) is 17.5. The Morgan fingerprint density at radius 3 is 2.42 bits per heavy atom. The zero-order chi connectivity index (χ0) is 18.5. The summed E-state index contributed by atoms with van der Waals surface area (Å²) >= 11 is 0. The zero-order valence-electron chi connectivity index (χ0n) is 15.5. The van der Waals surface area contributed by atoms with Crippen molar-refractivity contribution >= 4 is 17.7 Å². The summed E-state index contributed by atoms with van der Waals surface area (Å²) in [6.45, 7) is 1.12. The number of rotatable bonds is 5. The lowest BCUT2D eigenvalue weighted by atomic mass is 9.89. The van der Waals surface area contributed by atoms with Gasteiger partial charge in [0, 0.05) is 31.5 Å². The molecule has 0 atom stereocenters. The SMILES string of the molecule is COC(=O)C1CCN(C(=O)CCC(=O)c2ccc3c(c2)CCCC3)CC1. The third kappa shape index (κ3) is 4.32. The van der Waals surface area contributed by atoms with E-state index in [9.17, 15) is 14.4 Å². The fraction of sp³-hybridized carbons (Fsp3) is 0.571. The number of aryl methyl sites for hydroxylation is 2. The molecule has 0 radical (unpaired) electrons. The highest BCUT2D eigenvalue weighted by Gasteiger charge is 2.28. The van der Waals surface area contributed by atoms with Gasteiger partial charge in [-0.1, -0.05) is 12.1 Å². The number of piperidine rings is 1. The topological polar surface area (TPSA) is 63.7 Å². The molecule has 5 heteroatoms. The standard InChI is InChI=1S/C21H27NO4/c1-26-21(25)16-10-12-22(13-11-16)20(24)9-8-19(23)18-7-6-15-4-2-3-5-17(15)14-18/h6-7,14,16H,2-5,8-13H2,1H3. The van der Waals surface area contributed by atoms with Gasteiger partial charge < -0.3 is 9.64 Å². The maximum atomic E-state index is 12.5. The first-order valence-electron chi connectivity index (χ1n) is 9.59. The molecule has 0 N–H and O–H groups in total. The first-order valence-corrected chi connectivity index (χ1v) is 9.59. The number of Topliss-reactive ketones (excluding diaryl/α,β-unsaturated/α-hetero) is 1. The second-order valence-corrected chi connectivity index (χ2v) is 7.29. The Kier molecular flexibility index (Phi) is 6.07. The summed E-state index contributed by atoms with van der Waals surface area (Å²) in [4.78, 5) is 38.1. The van der Waals surface area contributed by atoms with E-state index in [-0.39, 0.29) is 36.4 Å². The van der Waals surface area contributed by atoms with E-state index in [0.717, 1.165) is 18.4 Å². The number of fused-ring (bicyclic) bond motifs is 1. The Bertz CT molecular complexity index is 689. The van der Waals surface area contributed by atoms with Crippen LogP contribution in [-0.4, -0.2) is 42.8 Å². The number of ketones is 1. The Morgan fingerprint density at radius 1 is 1.04 bits per heavy atom. The summed E-state index contributed by atoms with van der Waals surface area (Å²) in [6, 6.07) is 5.99. The average Bonchev–Trinajstić information content (AvgIpc) is 2.70. The van der Waals surface area contributed by atoms with Crippen LogP contribution in [0, 0.1) is 5.92 Å². The van der Waals surface area contributed by atoms with E-state index in [1.165, 1.54) is 31.1 Å². The van der Waals surface area contributed by atoms with Crippen LogP contribution in [0.25, 0.3) is 0 Å². The van der Waals surface area contributed by atoms with Crippen LogP contribution in [0.1, 0.15) is 60.0 Å². The van der Waals surface area contributed by atoms with E-state index < -0.39 is 0 Å². The van der Waals surface area contributed by atoms with Crippen molar-refractivity contribution in [3.63, 3.8) is 0 Å². The number of esters is 1. The van der Waals surface area contributed by atoms with Gasteiger partial charge in [0.2, 0.25) is 5.91 Å². The fourth-order valence-corrected chi connectivity index (χ4v) is 3.96. The second kappa shape index (κ2) is 8.47. The summed E-state index contributed by atoms with van der Waals surface area (Å²) < 4.78 is 4.77. The Labute approximate surface area is 154 Å². The van der Waals surface area contributed by atoms with E-state index in [4.69, 9.17) is 4.74 Å². The van der Waals surface area contributed by atoms with Gasteiger partial charge in [-0.05, 0) is 55.7 Å². The van der Waals surface area contributed by atoms with E-state index in [1.807, 2.05) is 12.1 Å². The van der Waals surface area contributed by atoms with E-state index in [0.29, 0.717) is 25.9 Å². The molecule has 26 heavy (non-hydrogen) atoms. The van der Waals surface area contributed by atoms with Crippen molar-refractivity contribution in [2.75, 3.05) is 20.2 Å². The first-order chi connectivity index (χ1) is 12.6. The van der Waals surface area contributed by atoms with Gasteiger partial charge in [0.05, 0.1) is 13.0 Å². The van der Waals surface area contributed by atoms with Gasteiger partial charge in [-0.3, -0.25) is 14.4 Å². The molecule has 1 aromatic carbocycles. The third-order valence-electron chi connectivity index (χ3n) is 5.62. The Balaban J connectivity index is 1.49. The van der Waals surface area contributed by atoms with Crippen molar-refractivity contribution < 1.29 is 19.1 Å². The van der Waals surface area contributed by atoms with Crippen LogP contribution in [0.15, 0.2) is 18.2 Å². The van der Waals surface area contributed by atoms with Crippen LogP contribution in [0.5, 0.6) is 0 Å². The van der Waals surface area contributed by atoms with E-state index in [2.05, 4.69) is 6.07 Å². The highest BCUT2D eigenvalue weighted by molar-refractivity contribution is 5.98. The van der Waals surface area contributed by atoms with Crippen LogP contribution >= 0.6 is 0 Å². The van der Waals surface area contributed by atoms with Crippen LogP contribution in [0.3, 0.4) is 0 Å². The van der Waals surface area contributed by atoms with Crippen LogP contribution in [0.2, 0.25) is 0 Å². The van der Waals surface area contributed by atoms with Gasteiger partial charge in [0.25, 0.3) is 0 Å². The van der Waals surface area contributed by atoms with Gasteiger partial charge in [-0.15, -0.1) is 0 Å². The minimum Gasteiger partial charge on any atom is -0.469 e. The molecular formula is C21H27NO4. The molecule has 2 aliphatic rings. The molecule has 1 aliphatic heterocycles. The lowest BCUT2D eigenvalue weighted by Gasteiger charge is -2.30. The monoisotopic (exact) mass is 357 g/mol. The highest BCUT2D eigenvalue weighted by atomic mass is 16.5. The molecule has 0 aromatic heterocycles. The van der Waals surface area contributed by atoms with Gasteiger partial charge in [-0.2, -0.15) is 0 Å². The van der Waals surface area contributed by atoms with Crippen LogP contribution in [-0.2, 0) is 27.2 Å². The molecule has 1 aromatic rings. The van der Waals surface area contributed by atoms with Crippen LogP contribution in [0.4, 0.5) is 0 Å². The second-order valence-electron chi connectivity index (χ2n) is 7.29. The minimum atomic E-state index is -0.195. The number of likely N-dealkylation sites (tertiary alicyclic amines) is 1. The van der Waals surface area contributed by atoms with Crippen molar-refractivity contribution in [3.8, 4) is 0 Å². The molecule has 0 unspecified atom stereocenters. The van der Waals surface area contributed by atoms with Crippen molar-refractivity contribution in [1.82, 2.24) is 4.90 Å². The van der Waals surface area contributed by atoms with Gasteiger partial charge in [0.15, 0.2) is 5.78 Å². The maximum Gasteiger partial charge on any atom is 0.308 e. The number of carbonyl (C=O) groups is 3. The predicted octanol–water partition coefficient (Wildman–Crippen LogP) is 2.94. The van der Waals surface area contributed by atoms with Crippen molar-refractivity contribution in [3.05, 3.63) is 34.9 Å². The average molecular weight is 357 g/mol. The number of carbonyl (C=O) groups excluding carboxylic acids is 3. The van der Waals surface area contributed by atoms with Gasteiger partial charge in [0.1, 0.15) is 0 Å². The smallest absolute Gasteiger partial charge is 0.308 e.